The zero-order chi connectivity index (χ0) is 13.1. The number of nitriles is 1. The lowest BCUT2D eigenvalue weighted by Gasteiger charge is -2.30. The Labute approximate surface area is 112 Å². The summed E-state index contributed by atoms with van der Waals surface area (Å²) in [6.07, 6.45) is 1.78. The fraction of sp³-hybridized carbons (Fsp3) is 0.429. The highest BCUT2D eigenvalue weighted by atomic mass is 35.5. The van der Waals surface area contributed by atoms with Crippen molar-refractivity contribution in [2.24, 2.45) is 5.92 Å². The molecule has 0 saturated carbocycles. The van der Waals surface area contributed by atoms with Crippen molar-refractivity contribution in [1.29, 1.82) is 5.26 Å². The van der Waals surface area contributed by atoms with Crippen LogP contribution in [-0.2, 0) is 0 Å². The van der Waals surface area contributed by atoms with E-state index in [1.54, 1.807) is 17.0 Å². The number of rotatable bonds is 1. The van der Waals surface area contributed by atoms with E-state index in [4.69, 9.17) is 16.9 Å². The van der Waals surface area contributed by atoms with Gasteiger partial charge in [-0.3, -0.25) is 4.79 Å². The van der Waals surface area contributed by atoms with E-state index >= 15 is 0 Å². The van der Waals surface area contributed by atoms with Crippen LogP contribution in [0.5, 0.6) is 0 Å². The third-order valence-corrected chi connectivity index (χ3v) is 3.56. The number of amides is 1. The van der Waals surface area contributed by atoms with E-state index in [9.17, 15) is 4.79 Å². The Morgan fingerprint density at radius 2 is 2.33 bits per heavy atom. The maximum absolute atomic E-state index is 12.4. The molecule has 94 valence electrons. The molecule has 1 aromatic carbocycles. The fourth-order valence-electron chi connectivity index (χ4n) is 2.26. The first-order chi connectivity index (χ1) is 8.61. The lowest BCUT2D eigenvalue weighted by atomic mass is 9.98. The van der Waals surface area contributed by atoms with Crippen LogP contribution in [0.3, 0.4) is 0 Å². The first kappa shape index (κ1) is 12.9. The molecule has 1 aromatic rings. The lowest BCUT2D eigenvalue weighted by molar-refractivity contribution is 0.0698. The SMILES string of the molecule is Cc1ccc(Cl)cc1C(=O)N1CCCC(C#N)C1. The number of halogens is 1. The van der Waals surface area contributed by atoms with Crippen molar-refractivity contribution in [2.75, 3.05) is 13.1 Å². The predicted octanol–water partition coefficient (Wildman–Crippen LogP) is 3.02. The predicted molar refractivity (Wildman–Crippen MR) is 70.4 cm³/mol. The number of hydrogen-bond donors (Lipinski definition) is 0. The van der Waals surface area contributed by atoms with Crippen molar-refractivity contribution < 1.29 is 4.79 Å². The van der Waals surface area contributed by atoms with Gasteiger partial charge in [0, 0.05) is 23.7 Å². The zero-order valence-electron chi connectivity index (χ0n) is 10.3. The van der Waals surface area contributed by atoms with E-state index < -0.39 is 0 Å². The van der Waals surface area contributed by atoms with E-state index in [1.807, 2.05) is 13.0 Å². The van der Waals surface area contributed by atoms with E-state index in [0.717, 1.165) is 24.9 Å². The van der Waals surface area contributed by atoms with E-state index in [0.29, 0.717) is 17.1 Å². The highest BCUT2D eigenvalue weighted by Crippen LogP contribution is 2.21. The molecule has 2 rings (SSSR count). The Hall–Kier alpha value is -1.53. The second-order valence-corrected chi connectivity index (χ2v) is 5.12. The number of benzene rings is 1. The molecule has 1 fully saturated rings. The van der Waals surface area contributed by atoms with Gasteiger partial charge >= 0.3 is 0 Å². The fourth-order valence-corrected chi connectivity index (χ4v) is 2.43. The summed E-state index contributed by atoms with van der Waals surface area (Å²) in [5, 5.41) is 9.52. The van der Waals surface area contributed by atoms with Crippen molar-refractivity contribution in [3.63, 3.8) is 0 Å². The van der Waals surface area contributed by atoms with Gasteiger partial charge in [0.15, 0.2) is 0 Å². The number of hydrogen-bond acceptors (Lipinski definition) is 2. The summed E-state index contributed by atoms with van der Waals surface area (Å²) in [4.78, 5) is 14.2. The first-order valence-electron chi connectivity index (χ1n) is 6.07. The molecule has 1 atom stereocenters. The van der Waals surface area contributed by atoms with E-state index in [-0.39, 0.29) is 11.8 Å². The monoisotopic (exact) mass is 262 g/mol. The van der Waals surface area contributed by atoms with Gasteiger partial charge in [-0.25, -0.2) is 0 Å². The molecule has 1 heterocycles. The van der Waals surface area contributed by atoms with Gasteiger partial charge in [0.05, 0.1) is 12.0 Å². The normalized spacial score (nSPS) is 19.4. The van der Waals surface area contributed by atoms with Crippen LogP contribution in [0.2, 0.25) is 5.02 Å². The molecule has 1 aliphatic rings. The summed E-state index contributed by atoms with van der Waals surface area (Å²) in [5.74, 6) is -0.0582. The Morgan fingerprint density at radius 3 is 3.06 bits per heavy atom. The van der Waals surface area contributed by atoms with Gasteiger partial charge in [-0.2, -0.15) is 5.26 Å². The largest absolute Gasteiger partial charge is 0.337 e. The molecule has 0 radical (unpaired) electrons. The summed E-state index contributed by atoms with van der Waals surface area (Å²) in [6.45, 7) is 3.15. The number of carbonyl (C=O) groups is 1. The van der Waals surface area contributed by atoms with Gasteiger partial charge < -0.3 is 4.90 Å². The zero-order valence-corrected chi connectivity index (χ0v) is 11.1. The summed E-state index contributed by atoms with van der Waals surface area (Å²) >= 11 is 5.93. The third-order valence-electron chi connectivity index (χ3n) is 3.32. The molecular weight excluding hydrogens is 248 g/mol. The van der Waals surface area contributed by atoms with Crippen LogP contribution < -0.4 is 0 Å². The lowest BCUT2D eigenvalue weighted by Crippen LogP contribution is -2.39. The number of piperidine rings is 1. The summed E-state index contributed by atoms with van der Waals surface area (Å²) in [7, 11) is 0. The number of likely N-dealkylation sites (tertiary alicyclic amines) is 1. The highest BCUT2D eigenvalue weighted by molar-refractivity contribution is 6.31. The average molecular weight is 263 g/mol. The number of carbonyl (C=O) groups excluding carboxylic acids is 1. The second-order valence-electron chi connectivity index (χ2n) is 4.68. The van der Waals surface area contributed by atoms with Gasteiger partial charge in [-0.1, -0.05) is 17.7 Å². The molecule has 0 bridgehead atoms. The first-order valence-corrected chi connectivity index (χ1v) is 6.44. The molecule has 0 aromatic heterocycles. The topological polar surface area (TPSA) is 44.1 Å². The summed E-state index contributed by atoms with van der Waals surface area (Å²) in [5.41, 5.74) is 1.56. The summed E-state index contributed by atoms with van der Waals surface area (Å²) < 4.78 is 0. The quantitative estimate of drug-likeness (QED) is 0.781. The maximum Gasteiger partial charge on any atom is 0.254 e. The highest BCUT2D eigenvalue weighted by Gasteiger charge is 2.25. The molecule has 0 N–H and O–H groups in total. The van der Waals surface area contributed by atoms with Crippen LogP contribution in [0, 0.1) is 24.2 Å². The molecule has 1 aliphatic heterocycles. The van der Waals surface area contributed by atoms with E-state index in [1.165, 1.54) is 0 Å². The summed E-state index contributed by atoms with van der Waals surface area (Å²) in [6, 6.07) is 7.58. The molecule has 0 aliphatic carbocycles. The minimum atomic E-state index is -0.0396. The van der Waals surface area contributed by atoms with Gasteiger partial charge in [0.1, 0.15) is 0 Å². The maximum atomic E-state index is 12.4. The molecule has 0 spiro atoms. The molecule has 4 heteroatoms. The average Bonchev–Trinajstić information content (AvgIpc) is 2.41. The smallest absolute Gasteiger partial charge is 0.254 e. The van der Waals surface area contributed by atoms with Gasteiger partial charge in [-0.05, 0) is 37.5 Å². The Kier molecular flexibility index (Phi) is 3.88. The van der Waals surface area contributed by atoms with Crippen LogP contribution in [-0.4, -0.2) is 23.9 Å². The molecule has 18 heavy (non-hydrogen) atoms. The van der Waals surface area contributed by atoms with Crippen LogP contribution in [0.1, 0.15) is 28.8 Å². The Bertz CT molecular complexity index is 507. The minimum absolute atomic E-state index is 0.0186. The molecule has 1 unspecified atom stereocenters. The van der Waals surface area contributed by atoms with Crippen molar-refractivity contribution in [3.8, 4) is 6.07 Å². The Balaban J connectivity index is 2.21. The Morgan fingerprint density at radius 1 is 1.56 bits per heavy atom. The minimum Gasteiger partial charge on any atom is -0.337 e. The second kappa shape index (κ2) is 5.41. The third kappa shape index (κ3) is 2.65. The molecule has 1 amide bonds. The van der Waals surface area contributed by atoms with Crippen LogP contribution >= 0.6 is 11.6 Å². The van der Waals surface area contributed by atoms with Crippen LogP contribution in [0.4, 0.5) is 0 Å². The van der Waals surface area contributed by atoms with Crippen molar-refractivity contribution in [2.45, 2.75) is 19.8 Å². The van der Waals surface area contributed by atoms with Crippen LogP contribution in [0.15, 0.2) is 18.2 Å². The van der Waals surface area contributed by atoms with Crippen LogP contribution in [0.25, 0.3) is 0 Å². The van der Waals surface area contributed by atoms with E-state index in [2.05, 4.69) is 6.07 Å². The molecule has 3 nitrogen and oxygen atoms in total. The van der Waals surface area contributed by atoms with Gasteiger partial charge in [0.2, 0.25) is 0 Å². The van der Waals surface area contributed by atoms with Crippen molar-refractivity contribution in [3.05, 3.63) is 34.3 Å². The standard InChI is InChI=1S/C14H15ClN2O/c1-10-4-5-12(15)7-13(10)14(18)17-6-2-3-11(8-16)9-17/h4-5,7,11H,2-3,6,9H2,1H3. The van der Waals surface area contributed by atoms with Crippen molar-refractivity contribution >= 4 is 17.5 Å². The van der Waals surface area contributed by atoms with Crippen molar-refractivity contribution in [1.82, 2.24) is 4.90 Å². The molecule has 1 saturated heterocycles. The molecular formula is C14H15ClN2O. The number of nitrogens with zero attached hydrogens (tertiary/aromatic N) is 2. The van der Waals surface area contributed by atoms with Gasteiger partial charge in [0.25, 0.3) is 5.91 Å². The van der Waals surface area contributed by atoms with Gasteiger partial charge in [-0.15, -0.1) is 0 Å². The number of aryl methyl sites for hydroxylation is 1.